The molecule has 1 aromatic heterocycles. The van der Waals surface area contributed by atoms with Crippen molar-refractivity contribution in [3.63, 3.8) is 0 Å². The lowest BCUT2D eigenvalue weighted by molar-refractivity contribution is 0.198. The van der Waals surface area contributed by atoms with Gasteiger partial charge in [-0.05, 0) is 35.9 Å². The minimum Gasteiger partial charge on any atom is -0.391 e. The van der Waals surface area contributed by atoms with Gasteiger partial charge in [0.25, 0.3) is 0 Å². The third-order valence-electron chi connectivity index (χ3n) is 2.16. The zero-order chi connectivity index (χ0) is 9.42. The van der Waals surface area contributed by atoms with E-state index in [1.54, 1.807) is 11.3 Å². The van der Waals surface area contributed by atoms with Gasteiger partial charge < -0.3 is 10.0 Å². The first-order valence-electron chi connectivity index (χ1n) is 4.23. The van der Waals surface area contributed by atoms with Crippen molar-refractivity contribution >= 4 is 39.1 Å². The second kappa shape index (κ2) is 3.70. The van der Waals surface area contributed by atoms with Crippen molar-refractivity contribution in [2.45, 2.75) is 19.4 Å². The molecule has 0 bridgehead atoms. The van der Waals surface area contributed by atoms with Crippen LogP contribution in [0.25, 0.3) is 0 Å². The van der Waals surface area contributed by atoms with Gasteiger partial charge in [0.05, 0.1) is 14.7 Å². The highest BCUT2D eigenvalue weighted by Gasteiger charge is 2.22. The highest BCUT2D eigenvalue weighted by Crippen LogP contribution is 2.29. The molecule has 0 spiro atoms. The molecule has 1 aliphatic rings. The number of aromatic nitrogens is 1. The van der Waals surface area contributed by atoms with Crippen LogP contribution >= 0.6 is 33.9 Å². The molecule has 13 heavy (non-hydrogen) atoms. The molecule has 1 fully saturated rings. The largest absolute Gasteiger partial charge is 0.391 e. The summed E-state index contributed by atoms with van der Waals surface area (Å²) >= 11 is 4.01. The first-order valence-corrected chi connectivity index (χ1v) is 6.12. The highest BCUT2D eigenvalue weighted by molar-refractivity contribution is 14.1. The van der Waals surface area contributed by atoms with Gasteiger partial charge in [-0.1, -0.05) is 11.3 Å². The third-order valence-corrected chi connectivity index (χ3v) is 4.61. The Balaban J connectivity index is 2.17. The van der Waals surface area contributed by atoms with Crippen LogP contribution in [0, 0.1) is 9.81 Å². The SMILES string of the molecule is Cc1nc(N2CCC(O)C2)sc1I. The minimum atomic E-state index is -0.165. The van der Waals surface area contributed by atoms with Crippen molar-refractivity contribution in [1.29, 1.82) is 0 Å². The number of thiazole rings is 1. The minimum absolute atomic E-state index is 0.165. The molecule has 1 aromatic rings. The number of hydrogen-bond donors (Lipinski definition) is 1. The monoisotopic (exact) mass is 310 g/mol. The molecule has 2 rings (SSSR count). The van der Waals surface area contributed by atoms with E-state index in [1.807, 2.05) is 6.92 Å². The van der Waals surface area contributed by atoms with E-state index in [0.29, 0.717) is 0 Å². The zero-order valence-corrected chi connectivity index (χ0v) is 10.3. The summed E-state index contributed by atoms with van der Waals surface area (Å²) in [7, 11) is 0. The first kappa shape index (κ1) is 9.67. The van der Waals surface area contributed by atoms with Crippen molar-refractivity contribution in [3.8, 4) is 0 Å². The summed E-state index contributed by atoms with van der Waals surface area (Å²) in [6.07, 6.45) is 0.705. The number of aliphatic hydroxyl groups excluding tert-OH is 1. The van der Waals surface area contributed by atoms with Gasteiger partial charge in [-0.15, -0.1) is 0 Å². The van der Waals surface area contributed by atoms with Crippen LogP contribution in [0.3, 0.4) is 0 Å². The van der Waals surface area contributed by atoms with Gasteiger partial charge in [-0.3, -0.25) is 0 Å². The number of hydrogen-bond acceptors (Lipinski definition) is 4. The van der Waals surface area contributed by atoms with Crippen molar-refractivity contribution < 1.29 is 5.11 Å². The average molecular weight is 310 g/mol. The molecule has 0 amide bonds. The number of nitrogens with zero attached hydrogens (tertiary/aromatic N) is 2. The molecule has 0 radical (unpaired) electrons. The lowest BCUT2D eigenvalue weighted by Gasteiger charge is -2.12. The maximum absolute atomic E-state index is 9.37. The van der Waals surface area contributed by atoms with E-state index in [0.717, 1.165) is 30.3 Å². The summed E-state index contributed by atoms with van der Waals surface area (Å²) in [6, 6.07) is 0. The normalized spacial score (nSPS) is 22.7. The molecule has 5 heteroatoms. The predicted molar refractivity (Wildman–Crippen MR) is 62.4 cm³/mol. The number of rotatable bonds is 1. The molecule has 0 aliphatic carbocycles. The summed E-state index contributed by atoms with van der Waals surface area (Å²) in [5, 5.41) is 10.4. The van der Waals surface area contributed by atoms with E-state index in [1.165, 1.54) is 2.88 Å². The van der Waals surface area contributed by atoms with Crippen molar-refractivity contribution in [1.82, 2.24) is 4.98 Å². The van der Waals surface area contributed by atoms with Crippen LogP contribution < -0.4 is 4.90 Å². The number of anilines is 1. The van der Waals surface area contributed by atoms with Gasteiger partial charge in [0.15, 0.2) is 5.13 Å². The van der Waals surface area contributed by atoms with Crippen LogP contribution in [-0.2, 0) is 0 Å². The van der Waals surface area contributed by atoms with Crippen LogP contribution in [-0.4, -0.2) is 29.3 Å². The van der Waals surface area contributed by atoms with Crippen LogP contribution in [0.4, 0.5) is 5.13 Å². The molecule has 1 atom stereocenters. The quantitative estimate of drug-likeness (QED) is 0.801. The summed E-state index contributed by atoms with van der Waals surface area (Å²) in [5.74, 6) is 0. The van der Waals surface area contributed by atoms with E-state index in [4.69, 9.17) is 0 Å². The number of aryl methyl sites for hydroxylation is 1. The van der Waals surface area contributed by atoms with Crippen molar-refractivity contribution in [2.24, 2.45) is 0 Å². The summed E-state index contributed by atoms with van der Waals surface area (Å²) in [6.45, 7) is 3.70. The molecular weight excluding hydrogens is 299 g/mol. The Hall–Kier alpha value is 0.120. The van der Waals surface area contributed by atoms with Crippen molar-refractivity contribution in [2.75, 3.05) is 18.0 Å². The lowest BCUT2D eigenvalue weighted by Crippen LogP contribution is -2.20. The average Bonchev–Trinajstić information content (AvgIpc) is 2.61. The standard InChI is InChI=1S/C8H11IN2OS/c1-5-7(9)13-8(10-5)11-3-2-6(12)4-11/h6,12H,2-4H2,1H3. The molecule has 72 valence electrons. The molecule has 3 nitrogen and oxygen atoms in total. The second-order valence-electron chi connectivity index (χ2n) is 3.24. The van der Waals surface area contributed by atoms with Gasteiger partial charge >= 0.3 is 0 Å². The molecule has 1 saturated heterocycles. The van der Waals surface area contributed by atoms with Crippen LogP contribution in [0.15, 0.2) is 0 Å². The Bertz CT molecular complexity index is 296. The second-order valence-corrected chi connectivity index (χ2v) is 6.03. The van der Waals surface area contributed by atoms with Crippen LogP contribution in [0.2, 0.25) is 0 Å². The zero-order valence-electron chi connectivity index (χ0n) is 7.33. The predicted octanol–water partition coefficient (Wildman–Crippen LogP) is 1.63. The van der Waals surface area contributed by atoms with Gasteiger partial charge in [0, 0.05) is 13.1 Å². The number of halogens is 1. The van der Waals surface area contributed by atoms with Gasteiger partial charge in [-0.2, -0.15) is 0 Å². The Morgan fingerprint density at radius 3 is 2.92 bits per heavy atom. The fourth-order valence-electron chi connectivity index (χ4n) is 1.42. The molecule has 2 heterocycles. The maximum Gasteiger partial charge on any atom is 0.186 e. The van der Waals surface area contributed by atoms with Gasteiger partial charge in [0.2, 0.25) is 0 Å². The highest BCUT2D eigenvalue weighted by atomic mass is 127. The fraction of sp³-hybridized carbons (Fsp3) is 0.625. The molecule has 0 saturated carbocycles. The Morgan fingerprint density at radius 1 is 1.69 bits per heavy atom. The molecule has 0 aromatic carbocycles. The molecule has 1 aliphatic heterocycles. The maximum atomic E-state index is 9.37. The van der Waals surface area contributed by atoms with E-state index in [-0.39, 0.29) is 6.10 Å². The van der Waals surface area contributed by atoms with Gasteiger partial charge in [0.1, 0.15) is 0 Å². The molecule has 1 N–H and O–H groups in total. The first-order chi connectivity index (χ1) is 6.16. The Morgan fingerprint density at radius 2 is 2.46 bits per heavy atom. The van der Waals surface area contributed by atoms with Gasteiger partial charge in [-0.25, -0.2) is 4.98 Å². The van der Waals surface area contributed by atoms with E-state index < -0.39 is 0 Å². The fourth-order valence-corrected chi connectivity index (χ4v) is 2.96. The van der Waals surface area contributed by atoms with E-state index in [2.05, 4.69) is 32.5 Å². The Labute approximate surface area is 94.9 Å². The molecule has 1 unspecified atom stereocenters. The molecular formula is C8H11IN2OS. The van der Waals surface area contributed by atoms with E-state index >= 15 is 0 Å². The number of β-amino-alcohol motifs (C(OH)–C–C–N with tert-alkyl or cyclic N) is 1. The summed E-state index contributed by atoms with van der Waals surface area (Å²) in [4.78, 5) is 6.61. The lowest BCUT2D eigenvalue weighted by atomic mass is 10.3. The number of aliphatic hydroxyl groups is 1. The van der Waals surface area contributed by atoms with Crippen LogP contribution in [0.5, 0.6) is 0 Å². The van der Waals surface area contributed by atoms with Crippen LogP contribution in [0.1, 0.15) is 12.1 Å². The Kier molecular flexibility index (Phi) is 2.75. The van der Waals surface area contributed by atoms with Crippen molar-refractivity contribution in [3.05, 3.63) is 8.58 Å². The summed E-state index contributed by atoms with van der Waals surface area (Å²) in [5.41, 5.74) is 1.10. The van der Waals surface area contributed by atoms with E-state index in [9.17, 15) is 5.11 Å². The topological polar surface area (TPSA) is 36.4 Å². The summed E-state index contributed by atoms with van der Waals surface area (Å²) < 4.78 is 1.24. The smallest absolute Gasteiger partial charge is 0.186 e. The third kappa shape index (κ3) is 1.97.